The van der Waals surface area contributed by atoms with Crippen molar-refractivity contribution in [2.24, 2.45) is 5.14 Å². The van der Waals surface area contributed by atoms with Crippen molar-refractivity contribution in [3.8, 4) is 0 Å². The fourth-order valence-corrected chi connectivity index (χ4v) is 4.54. The Hall–Kier alpha value is -3.13. The minimum atomic E-state index is -4.10. The maximum Gasteiger partial charge on any atom is 0.488 e. The van der Waals surface area contributed by atoms with Gasteiger partial charge in [0, 0.05) is 12.6 Å². The van der Waals surface area contributed by atoms with Crippen molar-refractivity contribution < 1.29 is 22.9 Å². The van der Waals surface area contributed by atoms with Crippen LogP contribution in [0.2, 0.25) is 0 Å². The molecule has 4 rings (SSSR count). The summed E-state index contributed by atoms with van der Waals surface area (Å²) in [5.74, 6) is -0.266. The summed E-state index contributed by atoms with van der Waals surface area (Å²) < 4.78 is 38.1. The van der Waals surface area contributed by atoms with Crippen molar-refractivity contribution in [2.75, 3.05) is 10.2 Å². The Balaban J connectivity index is 1.62. The van der Waals surface area contributed by atoms with Crippen LogP contribution in [-0.2, 0) is 23.0 Å². The fraction of sp³-hybridized carbons (Fsp3) is 0.211. The second kappa shape index (κ2) is 8.43. The van der Waals surface area contributed by atoms with Crippen LogP contribution in [0.3, 0.4) is 0 Å². The van der Waals surface area contributed by atoms with E-state index < -0.39 is 23.0 Å². The number of hydrogen-bond acceptors (Lipinski definition) is 9. The summed E-state index contributed by atoms with van der Waals surface area (Å²) in [5.41, 5.74) is 1.88. The Morgan fingerprint density at radius 1 is 1.28 bits per heavy atom. The van der Waals surface area contributed by atoms with E-state index in [1.54, 1.807) is 29.2 Å². The topological polar surface area (TPSA) is 155 Å². The van der Waals surface area contributed by atoms with Crippen molar-refractivity contribution >= 4 is 40.2 Å². The molecule has 0 amide bonds. The number of hydrogen-bond donors (Lipinski definition) is 4. The average molecular weight is 458 g/mol. The molecule has 0 radical (unpaired) electrons. The Bertz CT molecular complexity index is 1280. The number of nitrogens with two attached hydrogens (primary N) is 1. The third kappa shape index (κ3) is 4.41. The molecule has 1 aliphatic rings. The summed E-state index contributed by atoms with van der Waals surface area (Å²) in [5, 5.41) is 26.9. The number of aromatic nitrogens is 3. The third-order valence-electron chi connectivity index (χ3n) is 5.13. The van der Waals surface area contributed by atoms with Crippen LogP contribution in [-0.4, -0.2) is 46.6 Å². The van der Waals surface area contributed by atoms with Gasteiger partial charge in [0.05, 0.1) is 10.6 Å². The predicted octanol–water partition coefficient (Wildman–Crippen LogP) is 0.0327. The molecule has 3 aromatic rings. The lowest BCUT2D eigenvalue weighted by atomic mass is 9.80. The quantitative estimate of drug-likeness (QED) is 0.375. The third-order valence-corrected chi connectivity index (χ3v) is 6.11. The number of anilines is 3. The molecule has 10 nitrogen and oxygen atoms in total. The molecule has 1 atom stereocenters. The van der Waals surface area contributed by atoms with Gasteiger partial charge in [0.25, 0.3) is 0 Å². The number of halogens is 1. The Labute approximate surface area is 184 Å². The van der Waals surface area contributed by atoms with E-state index >= 15 is 0 Å². The smallest absolute Gasteiger partial charge is 0.423 e. The van der Waals surface area contributed by atoms with Gasteiger partial charge >= 0.3 is 7.12 Å². The average Bonchev–Trinajstić information content (AvgIpc) is 3.06. The highest BCUT2D eigenvalue weighted by atomic mass is 32.2. The van der Waals surface area contributed by atoms with Crippen molar-refractivity contribution in [1.29, 1.82) is 0 Å². The number of benzene rings is 2. The van der Waals surface area contributed by atoms with Crippen LogP contribution >= 0.6 is 0 Å². The van der Waals surface area contributed by atoms with Crippen LogP contribution in [0.15, 0.2) is 47.6 Å². The highest BCUT2D eigenvalue weighted by Crippen LogP contribution is 2.40. The van der Waals surface area contributed by atoms with Crippen LogP contribution < -0.4 is 20.8 Å². The van der Waals surface area contributed by atoms with E-state index in [4.69, 9.17) is 5.14 Å². The summed E-state index contributed by atoms with van der Waals surface area (Å²) in [6.07, 6.45) is 1.62. The molecule has 13 heteroatoms. The monoisotopic (exact) mass is 458 g/mol. The Morgan fingerprint density at radius 2 is 2.06 bits per heavy atom. The van der Waals surface area contributed by atoms with E-state index in [0.717, 1.165) is 11.6 Å². The minimum absolute atomic E-state index is 0.222. The zero-order chi connectivity index (χ0) is 23.0. The largest absolute Gasteiger partial charge is 0.488 e. The number of fused-ring (bicyclic) bond motifs is 1. The highest BCUT2D eigenvalue weighted by Gasteiger charge is 2.34. The standard InChI is InChI=1S/C19H20BFN6O4S/c1-11-5-15-16(7-14(21)8-17(15)32(22,30)31)27(11)19-25-10-24-18(26-19)23-9-12-3-2-4-13(6-12)20(28)29/h2-4,6-8,10-11,28-29H,5,9H2,1H3,(H2,22,30,31)(H,23,24,25,26). The van der Waals surface area contributed by atoms with Crippen molar-refractivity contribution in [2.45, 2.75) is 30.8 Å². The zero-order valence-corrected chi connectivity index (χ0v) is 17.8. The maximum atomic E-state index is 14.2. The van der Waals surface area contributed by atoms with Crippen molar-refractivity contribution in [3.63, 3.8) is 0 Å². The number of primary sulfonamides is 1. The summed E-state index contributed by atoms with van der Waals surface area (Å²) in [6.45, 7) is 2.15. The first-order chi connectivity index (χ1) is 15.1. The first-order valence-electron chi connectivity index (χ1n) is 9.66. The first kappa shape index (κ1) is 22.1. The van der Waals surface area contributed by atoms with Crippen LogP contribution in [0.1, 0.15) is 18.1 Å². The molecule has 1 aromatic heterocycles. The normalized spacial score (nSPS) is 15.5. The lowest BCUT2D eigenvalue weighted by molar-refractivity contribution is 0.425. The van der Waals surface area contributed by atoms with Gasteiger partial charge < -0.3 is 20.3 Å². The van der Waals surface area contributed by atoms with Gasteiger partial charge in [-0.15, -0.1) is 0 Å². The number of rotatable bonds is 6. The molecular formula is C19H20BFN6O4S. The summed E-state index contributed by atoms with van der Waals surface area (Å²) in [4.78, 5) is 14.0. The van der Waals surface area contributed by atoms with Crippen molar-refractivity contribution in [3.05, 3.63) is 59.7 Å². The Morgan fingerprint density at radius 3 is 2.78 bits per heavy atom. The van der Waals surface area contributed by atoms with E-state index in [1.165, 1.54) is 12.4 Å². The fourth-order valence-electron chi connectivity index (χ4n) is 3.73. The molecule has 1 aliphatic heterocycles. The molecule has 1 unspecified atom stereocenters. The van der Waals surface area contributed by atoms with Crippen LogP contribution in [0.4, 0.5) is 22.0 Å². The highest BCUT2D eigenvalue weighted by molar-refractivity contribution is 7.89. The predicted molar refractivity (Wildman–Crippen MR) is 116 cm³/mol. The lowest BCUT2D eigenvalue weighted by Gasteiger charge is -2.22. The number of sulfonamides is 1. The van der Waals surface area contributed by atoms with E-state index in [0.29, 0.717) is 29.7 Å². The zero-order valence-electron chi connectivity index (χ0n) is 17.0. The molecule has 0 bridgehead atoms. The van der Waals surface area contributed by atoms with E-state index in [-0.39, 0.29) is 22.8 Å². The van der Waals surface area contributed by atoms with Crippen LogP contribution in [0.5, 0.6) is 0 Å². The van der Waals surface area contributed by atoms with Gasteiger partial charge in [-0.3, -0.25) is 0 Å². The van der Waals surface area contributed by atoms with Crippen LogP contribution in [0, 0.1) is 5.82 Å². The molecule has 0 saturated carbocycles. The van der Waals surface area contributed by atoms with Gasteiger partial charge in [0.1, 0.15) is 12.1 Å². The summed E-state index contributed by atoms with van der Waals surface area (Å²) in [7, 11) is -5.68. The summed E-state index contributed by atoms with van der Waals surface area (Å²) in [6, 6.07) is 8.64. The lowest BCUT2D eigenvalue weighted by Crippen LogP contribution is -2.30. The van der Waals surface area contributed by atoms with Gasteiger partial charge in [0.2, 0.25) is 21.9 Å². The molecule has 5 N–H and O–H groups in total. The van der Waals surface area contributed by atoms with Gasteiger partial charge in [-0.25, -0.2) is 27.9 Å². The molecule has 0 aliphatic carbocycles. The molecule has 0 saturated heterocycles. The van der Waals surface area contributed by atoms with Gasteiger partial charge in [-0.1, -0.05) is 24.3 Å². The van der Waals surface area contributed by atoms with Gasteiger partial charge in [0.15, 0.2) is 0 Å². The molecule has 2 aromatic carbocycles. The molecule has 0 spiro atoms. The Kier molecular flexibility index (Phi) is 5.82. The van der Waals surface area contributed by atoms with E-state index in [1.807, 2.05) is 6.92 Å². The molecule has 166 valence electrons. The number of nitrogens with zero attached hydrogens (tertiary/aromatic N) is 4. The molecular weight excluding hydrogens is 438 g/mol. The summed E-state index contributed by atoms with van der Waals surface area (Å²) >= 11 is 0. The van der Waals surface area contributed by atoms with Crippen LogP contribution in [0.25, 0.3) is 0 Å². The minimum Gasteiger partial charge on any atom is -0.423 e. The maximum absolute atomic E-state index is 14.2. The molecule has 2 heterocycles. The van der Waals surface area contributed by atoms with Crippen molar-refractivity contribution in [1.82, 2.24) is 15.0 Å². The molecule has 32 heavy (non-hydrogen) atoms. The first-order valence-corrected chi connectivity index (χ1v) is 11.2. The van der Waals surface area contributed by atoms with E-state index in [9.17, 15) is 22.9 Å². The second-order valence-corrected chi connectivity index (χ2v) is 8.98. The van der Waals surface area contributed by atoms with Gasteiger partial charge in [-0.2, -0.15) is 4.98 Å². The van der Waals surface area contributed by atoms with Gasteiger partial charge in [-0.05, 0) is 42.1 Å². The molecule has 0 fully saturated rings. The second-order valence-electron chi connectivity index (χ2n) is 7.45. The SMILES string of the molecule is CC1Cc2c(cc(F)cc2S(N)(=O)=O)N1c1ncnc(NCc2cccc(B(O)O)c2)n1. The van der Waals surface area contributed by atoms with E-state index in [2.05, 4.69) is 20.3 Å². The number of nitrogens with one attached hydrogen (secondary N) is 1.